The van der Waals surface area contributed by atoms with Crippen LogP contribution in [-0.4, -0.2) is 33.8 Å². The molecule has 0 rings (SSSR count). The molecule has 3 nitrogen and oxygen atoms in total. The number of carbonyl (C=O) groups is 1. The zero-order valence-electron chi connectivity index (χ0n) is 16.9. The van der Waals surface area contributed by atoms with Gasteiger partial charge in [-0.1, -0.05) is 80.1 Å². The van der Waals surface area contributed by atoms with Gasteiger partial charge in [-0.15, -0.1) is 0 Å². The lowest BCUT2D eigenvalue weighted by molar-refractivity contribution is -0.111. The molecule has 0 aromatic rings. The zero-order valence-corrected chi connectivity index (χ0v) is 17.7. The van der Waals surface area contributed by atoms with Crippen LogP contribution in [0, 0.1) is 0 Å². The van der Waals surface area contributed by atoms with Crippen LogP contribution in [0.4, 0.5) is 0 Å². The van der Waals surface area contributed by atoms with Gasteiger partial charge in [-0.2, -0.15) is 0 Å². The number of thioether (sulfide) groups is 1. The SMILES string of the molecule is CCCCCC=CCC=CCC=CCC=CCCCC(=O)SCC(O)CO. The Hall–Kier alpha value is -1.10. The third-order valence-corrected chi connectivity index (χ3v) is 4.93. The van der Waals surface area contributed by atoms with E-state index in [0.717, 1.165) is 43.9 Å². The van der Waals surface area contributed by atoms with Gasteiger partial charge in [0.2, 0.25) is 0 Å². The Morgan fingerprint density at radius 1 is 0.852 bits per heavy atom. The van der Waals surface area contributed by atoms with Crippen molar-refractivity contribution in [3.63, 3.8) is 0 Å². The van der Waals surface area contributed by atoms with Crippen LogP contribution in [0.5, 0.6) is 0 Å². The Morgan fingerprint density at radius 3 is 1.89 bits per heavy atom. The fourth-order valence-electron chi connectivity index (χ4n) is 2.24. The monoisotopic (exact) mass is 394 g/mol. The van der Waals surface area contributed by atoms with Gasteiger partial charge in [0.15, 0.2) is 5.12 Å². The van der Waals surface area contributed by atoms with Crippen LogP contribution in [0.1, 0.15) is 71.1 Å². The molecule has 4 heteroatoms. The number of aliphatic hydroxyl groups is 2. The summed E-state index contributed by atoms with van der Waals surface area (Å²) < 4.78 is 0. The molecule has 1 atom stereocenters. The van der Waals surface area contributed by atoms with Gasteiger partial charge in [-0.25, -0.2) is 0 Å². The number of aliphatic hydroxyl groups excluding tert-OH is 2. The number of allylic oxidation sites excluding steroid dienone is 8. The summed E-state index contributed by atoms with van der Waals surface area (Å²) in [5, 5.41) is 17.9. The average molecular weight is 395 g/mol. The average Bonchev–Trinajstić information content (AvgIpc) is 2.68. The lowest BCUT2D eigenvalue weighted by Crippen LogP contribution is -2.15. The van der Waals surface area contributed by atoms with Gasteiger partial charge in [0.05, 0.1) is 12.7 Å². The molecule has 0 amide bonds. The van der Waals surface area contributed by atoms with Crippen molar-refractivity contribution in [1.82, 2.24) is 0 Å². The molecule has 0 fully saturated rings. The number of hydrogen-bond donors (Lipinski definition) is 2. The van der Waals surface area contributed by atoms with E-state index in [9.17, 15) is 9.90 Å². The van der Waals surface area contributed by atoms with E-state index < -0.39 is 6.10 Å². The second-order valence-corrected chi connectivity index (χ2v) is 7.58. The van der Waals surface area contributed by atoms with Crippen molar-refractivity contribution in [2.75, 3.05) is 12.4 Å². The molecule has 0 saturated carbocycles. The number of hydrogen-bond acceptors (Lipinski definition) is 4. The first-order chi connectivity index (χ1) is 13.2. The smallest absolute Gasteiger partial charge is 0.189 e. The van der Waals surface area contributed by atoms with Crippen molar-refractivity contribution < 1.29 is 15.0 Å². The van der Waals surface area contributed by atoms with Crippen molar-refractivity contribution in [2.45, 2.75) is 77.2 Å². The predicted molar refractivity (Wildman–Crippen MR) is 119 cm³/mol. The fourth-order valence-corrected chi connectivity index (χ4v) is 3.01. The quantitative estimate of drug-likeness (QED) is 0.244. The van der Waals surface area contributed by atoms with Crippen LogP contribution in [0.2, 0.25) is 0 Å². The molecule has 0 aliphatic heterocycles. The minimum Gasteiger partial charge on any atom is -0.394 e. The van der Waals surface area contributed by atoms with Crippen molar-refractivity contribution >= 4 is 16.9 Å². The molecule has 0 radical (unpaired) electrons. The maximum absolute atomic E-state index is 11.5. The van der Waals surface area contributed by atoms with E-state index in [1.807, 2.05) is 0 Å². The maximum Gasteiger partial charge on any atom is 0.189 e. The van der Waals surface area contributed by atoms with Gasteiger partial charge in [0.25, 0.3) is 0 Å². The Morgan fingerprint density at radius 2 is 1.37 bits per heavy atom. The first-order valence-corrected chi connectivity index (χ1v) is 11.2. The van der Waals surface area contributed by atoms with Crippen LogP contribution in [0.25, 0.3) is 0 Å². The molecule has 2 N–H and O–H groups in total. The Kier molecular flexibility index (Phi) is 20.3. The Balaban J connectivity index is 3.49. The standard InChI is InChI=1S/C23H38O3S/c1-2-3-4-5-6-7-8-9-10-11-12-13-14-15-16-17-18-19-23(26)27-21-22(25)20-24/h6-7,9-10,12-13,15-16,22,24-25H,2-5,8,11,14,17-21H2,1H3. The second-order valence-electron chi connectivity index (χ2n) is 6.50. The van der Waals surface area contributed by atoms with Gasteiger partial charge in [-0.05, 0) is 44.9 Å². The van der Waals surface area contributed by atoms with E-state index >= 15 is 0 Å². The van der Waals surface area contributed by atoms with Gasteiger partial charge in [0, 0.05) is 12.2 Å². The highest BCUT2D eigenvalue weighted by Crippen LogP contribution is 2.10. The lowest BCUT2D eigenvalue weighted by Gasteiger charge is -2.04. The molecule has 0 aromatic carbocycles. The zero-order chi connectivity index (χ0) is 20.0. The highest BCUT2D eigenvalue weighted by molar-refractivity contribution is 8.13. The third kappa shape index (κ3) is 21.1. The molecular formula is C23H38O3S. The van der Waals surface area contributed by atoms with Crippen molar-refractivity contribution in [2.24, 2.45) is 0 Å². The Bertz CT molecular complexity index is 453. The fraction of sp³-hybridized carbons (Fsp3) is 0.609. The summed E-state index contributed by atoms with van der Waals surface area (Å²) in [4.78, 5) is 11.5. The largest absolute Gasteiger partial charge is 0.394 e. The molecule has 27 heavy (non-hydrogen) atoms. The predicted octanol–water partition coefficient (Wildman–Crippen LogP) is 5.75. The van der Waals surface area contributed by atoms with Gasteiger partial charge < -0.3 is 10.2 Å². The summed E-state index contributed by atoms with van der Waals surface area (Å²) in [6.45, 7) is 1.94. The number of carbonyl (C=O) groups excluding carboxylic acids is 1. The van der Waals surface area contributed by atoms with E-state index in [1.54, 1.807) is 0 Å². The van der Waals surface area contributed by atoms with E-state index in [4.69, 9.17) is 5.11 Å². The van der Waals surface area contributed by atoms with Crippen LogP contribution >= 0.6 is 11.8 Å². The molecule has 0 aromatic heterocycles. The molecular weight excluding hydrogens is 356 g/mol. The summed E-state index contributed by atoms with van der Waals surface area (Å²) in [6.07, 6.45) is 27.0. The van der Waals surface area contributed by atoms with E-state index in [0.29, 0.717) is 6.42 Å². The normalized spacial score (nSPS) is 13.6. The van der Waals surface area contributed by atoms with Crippen LogP contribution in [-0.2, 0) is 4.79 Å². The number of unbranched alkanes of at least 4 members (excludes halogenated alkanes) is 4. The van der Waals surface area contributed by atoms with Crippen molar-refractivity contribution in [3.8, 4) is 0 Å². The highest BCUT2D eigenvalue weighted by Gasteiger charge is 2.07. The van der Waals surface area contributed by atoms with Crippen molar-refractivity contribution in [3.05, 3.63) is 48.6 Å². The second kappa shape index (κ2) is 21.2. The van der Waals surface area contributed by atoms with E-state index in [2.05, 4.69) is 55.5 Å². The van der Waals surface area contributed by atoms with Crippen LogP contribution < -0.4 is 0 Å². The summed E-state index contributed by atoms with van der Waals surface area (Å²) in [5.41, 5.74) is 0. The summed E-state index contributed by atoms with van der Waals surface area (Å²) >= 11 is 1.10. The van der Waals surface area contributed by atoms with E-state index in [1.165, 1.54) is 25.7 Å². The molecule has 0 saturated heterocycles. The first kappa shape index (κ1) is 25.9. The van der Waals surface area contributed by atoms with Gasteiger partial charge in [0.1, 0.15) is 0 Å². The summed E-state index contributed by atoms with van der Waals surface area (Å²) in [5.74, 6) is 0.277. The lowest BCUT2D eigenvalue weighted by atomic mass is 10.2. The molecule has 154 valence electrons. The van der Waals surface area contributed by atoms with E-state index in [-0.39, 0.29) is 17.5 Å². The first-order valence-electron chi connectivity index (χ1n) is 10.2. The minimum absolute atomic E-state index is 0.0818. The Labute approximate surface area is 170 Å². The molecule has 0 spiro atoms. The van der Waals surface area contributed by atoms with Gasteiger partial charge >= 0.3 is 0 Å². The van der Waals surface area contributed by atoms with Crippen LogP contribution in [0.15, 0.2) is 48.6 Å². The molecule has 0 aliphatic carbocycles. The van der Waals surface area contributed by atoms with Gasteiger partial charge in [-0.3, -0.25) is 4.79 Å². The maximum atomic E-state index is 11.5. The molecule has 0 aliphatic rings. The van der Waals surface area contributed by atoms with Crippen molar-refractivity contribution in [1.29, 1.82) is 0 Å². The highest BCUT2D eigenvalue weighted by atomic mass is 32.2. The minimum atomic E-state index is -0.799. The topological polar surface area (TPSA) is 57.5 Å². The molecule has 0 heterocycles. The summed E-state index contributed by atoms with van der Waals surface area (Å²) in [6, 6.07) is 0. The molecule has 1 unspecified atom stereocenters. The third-order valence-electron chi connectivity index (χ3n) is 3.86. The summed E-state index contributed by atoms with van der Waals surface area (Å²) in [7, 11) is 0. The number of rotatable bonds is 17. The molecule has 0 bridgehead atoms. The van der Waals surface area contributed by atoms with Crippen LogP contribution in [0.3, 0.4) is 0 Å².